The topological polar surface area (TPSA) is 43.6 Å². The number of aromatic nitrogens is 1. The molecule has 1 heterocycles. The maximum atomic E-state index is 11.7. The largest absolute Gasteiger partial charge is 0.466 e. The van der Waals surface area contributed by atoms with E-state index in [1.54, 1.807) is 11.3 Å². The zero-order valence-electron chi connectivity index (χ0n) is 13.4. The number of hydrogen-bond acceptors (Lipinski definition) is 4. The Labute approximate surface area is 130 Å². The van der Waals surface area contributed by atoms with Gasteiger partial charge >= 0.3 is 5.97 Å². The van der Waals surface area contributed by atoms with Gasteiger partial charge in [-0.05, 0) is 26.7 Å². The Balaban J connectivity index is 2.19. The van der Waals surface area contributed by atoms with Crippen LogP contribution in [-0.4, -0.2) is 23.2 Å². The Morgan fingerprint density at radius 2 is 2.00 bits per heavy atom. The minimum atomic E-state index is -0.157. The molecule has 0 saturated heterocycles. The summed E-state index contributed by atoms with van der Waals surface area (Å²) in [5.74, 6) is -0.157. The number of aryl methyl sites for hydroxylation is 1. The number of carbonyl (C=O) groups excluding carboxylic acids is 1. The van der Waals surface area contributed by atoms with Crippen LogP contribution in [0.15, 0.2) is 4.99 Å². The molecule has 1 saturated carbocycles. The van der Waals surface area contributed by atoms with Crippen LogP contribution in [-0.2, 0) is 23.0 Å². The minimum absolute atomic E-state index is 0.157. The van der Waals surface area contributed by atoms with Gasteiger partial charge in [0.15, 0.2) is 4.80 Å². The van der Waals surface area contributed by atoms with Gasteiger partial charge < -0.3 is 9.30 Å². The molecule has 0 N–H and O–H groups in total. The molecule has 1 aliphatic carbocycles. The van der Waals surface area contributed by atoms with Gasteiger partial charge in [0, 0.05) is 17.6 Å². The first-order valence-electron chi connectivity index (χ1n) is 7.96. The molecule has 4 nitrogen and oxygen atoms in total. The normalized spacial score (nSPS) is 17.8. The van der Waals surface area contributed by atoms with Gasteiger partial charge in [-0.25, -0.2) is 0 Å². The summed E-state index contributed by atoms with van der Waals surface area (Å²) in [5, 5.41) is 0. The van der Waals surface area contributed by atoms with E-state index < -0.39 is 0 Å². The van der Waals surface area contributed by atoms with Crippen molar-refractivity contribution in [2.24, 2.45) is 12.0 Å². The third-order valence-corrected chi connectivity index (χ3v) is 5.18. The average molecular weight is 310 g/mol. The molecule has 0 amide bonds. The van der Waals surface area contributed by atoms with E-state index >= 15 is 0 Å². The van der Waals surface area contributed by atoms with Crippen molar-refractivity contribution in [2.45, 2.75) is 64.8 Å². The molecule has 21 heavy (non-hydrogen) atoms. The van der Waals surface area contributed by atoms with Crippen molar-refractivity contribution >= 4 is 17.3 Å². The summed E-state index contributed by atoms with van der Waals surface area (Å²) in [6, 6.07) is 0.451. The fourth-order valence-electron chi connectivity index (χ4n) is 2.86. The first-order valence-corrected chi connectivity index (χ1v) is 8.78. The molecule has 118 valence electrons. The summed E-state index contributed by atoms with van der Waals surface area (Å²) in [6.45, 7) is 4.33. The first kappa shape index (κ1) is 16.3. The number of nitrogens with zero attached hydrogens (tertiary/aromatic N) is 2. The molecule has 0 bridgehead atoms. The number of thiazole rings is 1. The molecule has 0 atom stereocenters. The lowest BCUT2D eigenvalue weighted by Gasteiger charge is -2.08. The lowest BCUT2D eigenvalue weighted by molar-refractivity contribution is -0.142. The number of ether oxygens (including phenoxy) is 1. The highest BCUT2D eigenvalue weighted by Crippen LogP contribution is 2.20. The lowest BCUT2D eigenvalue weighted by Crippen LogP contribution is -2.19. The standard InChI is InChI=1S/C16H26N2O2S/c1-4-20-15(19)11-14-12(2)21-16(18(14)3)17-13-9-7-5-6-8-10-13/h13H,4-11H2,1-3H3. The van der Waals surface area contributed by atoms with Crippen LogP contribution in [0, 0.1) is 6.92 Å². The molecule has 2 rings (SSSR count). The van der Waals surface area contributed by atoms with Crippen molar-refractivity contribution in [1.82, 2.24) is 4.57 Å². The van der Waals surface area contributed by atoms with Gasteiger partial charge in [0.2, 0.25) is 0 Å². The van der Waals surface area contributed by atoms with E-state index in [-0.39, 0.29) is 5.97 Å². The van der Waals surface area contributed by atoms with Gasteiger partial charge in [0.05, 0.1) is 19.1 Å². The SMILES string of the molecule is CCOC(=O)Cc1c(C)sc(=NC2CCCCCC2)n1C. The van der Waals surface area contributed by atoms with E-state index in [0.29, 0.717) is 19.1 Å². The van der Waals surface area contributed by atoms with Gasteiger partial charge in [-0.2, -0.15) is 0 Å². The average Bonchev–Trinajstić information content (AvgIpc) is 2.65. The predicted molar refractivity (Wildman–Crippen MR) is 85.4 cm³/mol. The van der Waals surface area contributed by atoms with Crippen LogP contribution >= 0.6 is 11.3 Å². The van der Waals surface area contributed by atoms with E-state index in [9.17, 15) is 4.79 Å². The molecule has 5 heteroatoms. The predicted octanol–water partition coefficient (Wildman–Crippen LogP) is 3.12. The monoisotopic (exact) mass is 310 g/mol. The molecule has 0 radical (unpaired) electrons. The zero-order chi connectivity index (χ0) is 15.2. The van der Waals surface area contributed by atoms with E-state index in [2.05, 4.69) is 11.5 Å². The first-order chi connectivity index (χ1) is 10.1. The lowest BCUT2D eigenvalue weighted by atomic mass is 10.1. The highest BCUT2D eigenvalue weighted by atomic mass is 32.1. The Morgan fingerprint density at radius 3 is 2.62 bits per heavy atom. The van der Waals surface area contributed by atoms with E-state index in [1.165, 1.54) is 38.5 Å². The van der Waals surface area contributed by atoms with Crippen molar-refractivity contribution in [3.8, 4) is 0 Å². The summed E-state index contributed by atoms with van der Waals surface area (Å²) < 4.78 is 7.12. The van der Waals surface area contributed by atoms with Crippen LogP contribution in [0.5, 0.6) is 0 Å². The molecular formula is C16H26N2O2S. The third-order valence-electron chi connectivity index (χ3n) is 4.08. The van der Waals surface area contributed by atoms with Crippen molar-refractivity contribution < 1.29 is 9.53 Å². The van der Waals surface area contributed by atoms with Crippen LogP contribution in [0.3, 0.4) is 0 Å². The molecule has 1 aromatic rings. The van der Waals surface area contributed by atoms with Gasteiger partial charge in [-0.15, -0.1) is 11.3 Å². The second-order valence-corrected chi connectivity index (χ2v) is 6.88. The molecule has 0 aromatic carbocycles. The Bertz CT molecular complexity index is 537. The van der Waals surface area contributed by atoms with E-state index in [4.69, 9.17) is 9.73 Å². The third kappa shape index (κ3) is 4.43. The highest BCUT2D eigenvalue weighted by molar-refractivity contribution is 7.09. The fourth-order valence-corrected chi connectivity index (χ4v) is 3.91. The van der Waals surface area contributed by atoms with Gasteiger partial charge in [-0.3, -0.25) is 9.79 Å². The Morgan fingerprint density at radius 1 is 1.33 bits per heavy atom. The fraction of sp³-hybridized carbons (Fsp3) is 0.750. The molecular weight excluding hydrogens is 284 g/mol. The summed E-state index contributed by atoms with van der Waals surface area (Å²) in [7, 11) is 2.01. The number of hydrogen-bond donors (Lipinski definition) is 0. The van der Waals surface area contributed by atoms with Crippen LogP contribution < -0.4 is 4.80 Å². The van der Waals surface area contributed by atoms with Crippen molar-refractivity contribution in [3.63, 3.8) is 0 Å². The Hall–Kier alpha value is -1.10. The molecule has 0 spiro atoms. The zero-order valence-corrected chi connectivity index (χ0v) is 14.2. The van der Waals surface area contributed by atoms with Crippen LogP contribution in [0.4, 0.5) is 0 Å². The molecule has 0 aliphatic heterocycles. The molecule has 0 unspecified atom stereocenters. The van der Waals surface area contributed by atoms with Gasteiger partial charge in [-0.1, -0.05) is 25.7 Å². The van der Waals surface area contributed by atoms with Crippen LogP contribution in [0.25, 0.3) is 0 Å². The quantitative estimate of drug-likeness (QED) is 0.633. The molecule has 1 fully saturated rings. The number of rotatable bonds is 4. The van der Waals surface area contributed by atoms with Gasteiger partial charge in [0.1, 0.15) is 0 Å². The molecule has 1 aliphatic rings. The smallest absolute Gasteiger partial charge is 0.311 e. The summed E-state index contributed by atoms with van der Waals surface area (Å²) >= 11 is 1.69. The van der Waals surface area contributed by atoms with Gasteiger partial charge in [0.25, 0.3) is 0 Å². The summed E-state index contributed by atoms with van der Waals surface area (Å²) in [5.41, 5.74) is 1.03. The van der Waals surface area contributed by atoms with Crippen LogP contribution in [0.1, 0.15) is 56.0 Å². The Kier molecular flexibility index (Phi) is 6.03. The van der Waals surface area contributed by atoms with E-state index in [0.717, 1.165) is 15.4 Å². The highest BCUT2D eigenvalue weighted by Gasteiger charge is 2.15. The summed E-state index contributed by atoms with van der Waals surface area (Å²) in [6.07, 6.45) is 8.00. The van der Waals surface area contributed by atoms with E-state index in [1.807, 2.05) is 14.0 Å². The maximum absolute atomic E-state index is 11.7. The number of carbonyl (C=O) groups is 1. The number of esters is 1. The van der Waals surface area contributed by atoms with Crippen molar-refractivity contribution in [1.29, 1.82) is 0 Å². The second kappa shape index (κ2) is 7.78. The molecule has 1 aromatic heterocycles. The minimum Gasteiger partial charge on any atom is -0.466 e. The van der Waals surface area contributed by atoms with Crippen molar-refractivity contribution in [3.05, 3.63) is 15.4 Å². The summed E-state index contributed by atoms with van der Waals surface area (Å²) in [4.78, 5) is 18.8. The van der Waals surface area contributed by atoms with Crippen LogP contribution in [0.2, 0.25) is 0 Å². The van der Waals surface area contributed by atoms with Crippen molar-refractivity contribution in [2.75, 3.05) is 6.61 Å². The second-order valence-electron chi connectivity index (χ2n) is 5.70. The maximum Gasteiger partial charge on any atom is 0.311 e.